The molecule has 0 saturated heterocycles. The third kappa shape index (κ3) is 2.11. The summed E-state index contributed by atoms with van der Waals surface area (Å²) in [6.07, 6.45) is 1.29. The molecule has 0 bridgehead atoms. The number of aromatic amines is 1. The molecule has 20 heavy (non-hydrogen) atoms. The molecule has 6 heteroatoms. The highest BCUT2D eigenvalue weighted by atomic mass is 19.1. The molecule has 0 radical (unpaired) electrons. The lowest BCUT2D eigenvalue weighted by Crippen LogP contribution is -2.06. The van der Waals surface area contributed by atoms with Crippen LogP contribution >= 0.6 is 0 Å². The number of hydrogen-bond acceptors (Lipinski definition) is 2. The molecule has 0 amide bonds. The van der Waals surface area contributed by atoms with Crippen molar-refractivity contribution in [1.82, 2.24) is 14.8 Å². The van der Waals surface area contributed by atoms with E-state index in [2.05, 4.69) is 10.1 Å². The Kier molecular flexibility index (Phi) is 2.90. The smallest absolute Gasteiger partial charge is 0.265 e. The number of pyridine rings is 1. The highest BCUT2D eigenvalue weighted by Crippen LogP contribution is 2.21. The van der Waals surface area contributed by atoms with Gasteiger partial charge in [-0.2, -0.15) is 4.39 Å². The lowest BCUT2D eigenvalue weighted by molar-refractivity contribution is 0.584. The zero-order valence-electron chi connectivity index (χ0n) is 10.2. The van der Waals surface area contributed by atoms with Gasteiger partial charge in [0, 0.05) is 17.8 Å². The minimum Gasteiger partial charge on any atom is -0.268 e. The Morgan fingerprint density at radius 2 is 1.90 bits per heavy atom. The monoisotopic (exact) mass is 273 g/mol. The maximum Gasteiger partial charge on any atom is 0.265 e. The number of halogens is 2. The highest BCUT2D eigenvalue weighted by molar-refractivity contribution is 5.60. The first kappa shape index (κ1) is 12.3. The van der Waals surface area contributed by atoms with Crippen molar-refractivity contribution in [1.29, 1.82) is 0 Å². The van der Waals surface area contributed by atoms with Crippen LogP contribution in [-0.4, -0.2) is 14.8 Å². The van der Waals surface area contributed by atoms with E-state index in [1.165, 1.54) is 41.2 Å². The zero-order valence-corrected chi connectivity index (χ0v) is 10.2. The van der Waals surface area contributed by atoms with Crippen LogP contribution in [0.15, 0.2) is 53.5 Å². The Morgan fingerprint density at radius 1 is 1.10 bits per heavy atom. The molecule has 0 aliphatic heterocycles. The second-order valence-corrected chi connectivity index (χ2v) is 4.16. The Hall–Kier alpha value is -2.76. The number of nitrogens with one attached hydrogen (secondary N) is 1. The average Bonchev–Trinajstić information content (AvgIpc) is 2.82. The van der Waals surface area contributed by atoms with Crippen molar-refractivity contribution in [3.63, 3.8) is 0 Å². The molecule has 3 rings (SSSR count). The van der Waals surface area contributed by atoms with Crippen LogP contribution in [0.4, 0.5) is 8.78 Å². The van der Waals surface area contributed by atoms with Crippen molar-refractivity contribution in [2.45, 2.75) is 0 Å². The molecule has 1 N–H and O–H groups in total. The van der Waals surface area contributed by atoms with E-state index < -0.39 is 11.8 Å². The summed E-state index contributed by atoms with van der Waals surface area (Å²) in [5.74, 6) is -1.10. The van der Waals surface area contributed by atoms with Crippen LogP contribution in [0.3, 0.4) is 0 Å². The van der Waals surface area contributed by atoms with Crippen molar-refractivity contribution in [3.05, 3.63) is 70.8 Å². The predicted octanol–water partition coefficient (Wildman–Crippen LogP) is 2.51. The molecular weight excluding hydrogens is 264 g/mol. The summed E-state index contributed by atoms with van der Waals surface area (Å²) >= 11 is 0. The van der Waals surface area contributed by atoms with Gasteiger partial charge in [-0.3, -0.25) is 9.89 Å². The van der Waals surface area contributed by atoms with Gasteiger partial charge in [0.15, 0.2) is 0 Å². The molecule has 2 heterocycles. The number of aromatic nitrogens is 3. The van der Waals surface area contributed by atoms with Gasteiger partial charge >= 0.3 is 0 Å². The summed E-state index contributed by atoms with van der Waals surface area (Å²) < 4.78 is 28.0. The van der Waals surface area contributed by atoms with Gasteiger partial charge in [-0.25, -0.2) is 14.1 Å². The maximum absolute atomic E-state index is 13.8. The molecule has 2 aromatic heterocycles. The second kappa shape index (κ2) is 4.73. The van der Waals surface area contributed by atoms with Gasteiger partial charge in [0.1, 0.15) is 5.82 Å². The topological polar surface area (TPSA) is 50.7 Å². The summed E-state index contributed by atoms with van der Waals surface area (Å²) in [5, 5.41) is 2.51. The molecule has 0 aliphatic rings. The van der Waals surface area contributed by atoms with E-state index in [1.807, 2.05) is 0 Å². The van der Waals surface area contributed by atoms with Crippen molar-refractivity contribution in [2.24, 2.45) is 0 Å². The number of para-hydroxylation sites is 1. The fourth-order valence-corrected chi connectivity index (χ4v) is 1.95. The first-order valence-corrected chi connectivity index (χ1v) is 5.84. The third-order valence-corrected chi connectivity index (χ3v) is 2.85. The van der Waals surface area contributed by atoms with Gasteiger partial charge in [-0.1, -0.05) is 12.1 Å². The van der Waals surface area contributed by atoms with Crippen LogP contribution in [-0.2, 0) is 0 Å². The SMILES string of the molecule is O=c1cc(-c2ccc(F)nc2)n(-c2ccccc2F)[nH]1. The van der Waals surface area contributed by atoms with Gasteiger partial charge in [-0.15, -0.1) is 0 Å². The highest BCUT2D eigenvalue weighted by Gasteiger charge is 2.12. The standard InChI is InChI=1S/C14H9F2N3O/c15-10-3-1-2-4-11(10)19-12(7-14(20)18-19)9-5-6-13(16)17-8-9/h1-8H,(H,18,20). The lowest BCUT2D eigenvalue weighted by Gasteiger charge is -2.09. The second-order valence-electron chi connectivity index (χ2n) is 4.16. The molecule has 0 atom stereocenters. The maximum atomic E-state index is 13.8. The largest absolute Gasteiger partial charge is 0.268 e. The number of nitrogens with zero attached hydrogens (tertiary/aromatic N) is 2. The number of hydrogen-bond donors (Lipinski definition) is 1. The molecule has 0 aliphatic carbocycles. The Bertz CT molecular complexity index is 806. The predicted molar refractivity (Wildman–Crippen MR) is 69.5 cm³/mol. The zero-order chi connectivity index (χ0) is 14.1. The van der Waals surface area contributed by atoms with Crippen LogP contribution in [0.25, 0.3) is 16.9 Å². The number of H-pyrrole nitrogens is 1. The van der Waals surface area contributed by atoms with Crippen LogP contribution < -0.4 is 5.56 Å². The van der Waals surface area contributed by atoms with Crippen molar-refractivity contribution >= 4 is 0 Å². The first-order chi connectivity index (χ1) is 9.65. The van der Waals surface area contributed by atoms with E-state index >= 15 is 0 Å². The van der Waals surface area contributed by atoms with Gasteiger partial charge < -0.3 is 0 Å². The fourth-order valence-electron chi connectivity index (χ4n) is 1.95. The normalized spacial score (nSPS) is 10.7. The van der Waals surface area contributed by atoms with E-state index in [0.717, 1.165) is 0 Å². The van der Waals surface area contributed by atoms with Crippen LogP contribution in [0.5, 0.6) is 0 Å². The van der Waals surface area contributed by atoms with Gasteiger partial charge in [-0.05, 0) is 24.3 Å². The molecule has 0 saturated carbocycles. The summed E-state index contributed by atoms with van der Waals surface area (Å²) in [6, 6.07) is 10.00. The van der Waals surface area contributed by atoms with Crippen molar-refractivity contribution in [2.75, 3.05) is 0 Å². The average molecular weight is 273 g/mol. The minimum atomic E-state index is -0.621. The van der Waals surface area contributed by atoms with Crippen LogP contribution in [0.1, 0.15) is 0 Å². The minimum absolute atomic E-state index is 0.203. The van der Waals surface area contributed by atoms with Crippen molar-refractivity contribution in [3.8, 4) is 16.9 Å². The molecule has 1 aromatic carbocycles. The summed E-state index contributed by atoms with van der Waals surface area (Å²) in [6.45, 7) is 0. The van der Waals surface area contributed by atoms with Crippen molar-refractivity contribution < 1.29 is 8.78 Å². The third-order valence-electron chi connectivity index (χ3n) is 2.85. The van der Waals surface area contributed by atoms with Gasteiger partial charge in [0.2, 0.25) is 5.95 Å². The Labute approximate surface area is 112 Å². The van der Waals surface area contributed by atoms with Crippen LogP contribution in [0, 0.1) is 11.8 Å². The quantitative estimate of drug-likeness (QED) is 0.729. The summed E-state index contributed by atoms with van der Waals surface area (Å²) in [4.78, 5) is 15.1. The molecule has 3 aromatic rings. The van der Waals surface area contributed by atoms with Crippen LogP contribution in [0.2, 0.25) is 0 Å². The molecular formula is C14H9F2N3O. The molecule has 0 unspecified atom stereocenters. The molecule has 0 spiro atoms. The number of rotatable bonds is 2. The van der Waals surface area contributed by atoms with E-state index in [-0.39, 0.29) is 11.2 Å². The van der Waals surface area contributed by atoms with Gasteiger partial charge in [0.25, 0.3) is 5.56 Å². The Balaban J connectivity index is 2.21. The molecule has 0 fully saturated rings. The van der Waals surface area contributed by atoms with Gasteiger partial charge in [0.05, 0.1) is 11.4 Å². The number of benzene rings is 1. The first-order valence-electron chi connectivity index (χ1n) is 5.84. The Morgan fingerprint density at radius 3 is 2.60 bits per heavy atom. The van der Waals surface area contributed by atoms with E-state index in [0.29, 0.717) is 11.3 Å². The fraction of sp³-hybridized carbons (Fsp3) is 0. The molecule has 100 valence electrons. The molecule has 4 nitrogen and oxygen atoms in total. The van der Waals surface area contributed by atoms with E-state index in [9.17, 15) is 13.6 Å². The summed E-state index contributed by atoms with van der Waals surface area (Å²) in [7, 11) is 0. The van der Waals surface area contributed by atoms with E-state index in [1.54, 1.807) is 12.1 Å². The summed E-state index contributed by atoms with van der Waals surface area (Å²) in [5.41, 5.74) is 0.738. The lowest BCUT2D eigenvalue weighted by atomic mass is 10.2. The van der Waals surface area contributed by atoms with E-state index in [4.69, 9.17) is 0 Å².